The van der Waals surface area contributed by atoms with Crippen molar-refractivity contribution in [1.82, 2.24) is 0 Å². The molecule has 0 aromatic heterocycles. The molecule has 1 fully saturated rings. The molecule has 2 aliphatic rings. The summed E-state index contributed by atoms with van der Waals surface area (Å²) >= 11 is 0. The van der Waals surface area contributed by atoms with Gasteiger partial charge < -0.3 is 0 Å². The third kappa shape index (κ3) is 2.57. The zero-order valence-corrected chi connectivity index (χ0v) is 14.7. The molecule has 0 radical (unpaired) electrons. The van der Waals surface area contributed by atoms with Gasteiger partial charge in [0.05, 0.1) is 8.07 Å². The van der Waals surface area contributed by atoms with Crippen LogP contribution in [0.4, 0.5) is 0 Å². The number of allylic oxidation sites excluding steroid dienone is 4. The smallest absolute Gasteiger partial charge is 0.0794 e. The fourth-order valence-corrected chi connectivity index (χ4v) is 10.1. The summed E-state index contributed by atoms with van der Waals surface area (Å²) < 4.78 is 0. The molecule has 0 heterocycles. The van der Waals surface area contributed by atoms with E-state index in [1.165, 1.54) is 37.7 Å². The van der Waals surface area contributed by atoms with Gasteiger partial charge in [0.25, 0.3) is 0 Å². The van der Waals surface area contributed by atoms with Crippen molar-refractivity contribution in [2.24, 2.45) is 0 Å². The van der Waals surface area contributed by atoms with Gasteiger partial charge in [-0.25, -0.2) is 0 Å². The molecule has 0 saturated heterocycles. The summed E-state index contributed by atoms with van der Waals surface area (Å²) in [5.74, 6) is 0. The molecule has 2 unspecified atom stereocenters. The largest absolute Gasteiger partial charge is 0.0974 e. The predicted octanol–water partition coefficient (Wildman–Crippen LogP) is 5.58. The molecule has 0 nitrogen and oxygen atoms in total. The summed E-state index contributed by atoms with van der Waals surface area (Å²) in [5.41, 5.74) is 4.80. The predicted molar refractivity (Wildman–Crippen MR) is 95.8 cm³/mol. The van der Waals surface area contributed by atoms with E-state index in [-0.39, 0.29) is 0 Å². The minimum absolute atomic E-state index is 0.711. The maximum Gasteiger partial charge on any atom is 0.0974 e. The zero-order valence-electron chi connectivity index (χ0n) is 13.7. The summed E-state index contributed by atoms with van der Waals surface area (Å²) in [4.78, 5) is 0. The Hall–Kier alpha value is -1.08. The van der Waals surface area contributed by atoms with E-state index >= 15 is 0 Å². The van der Waals surface area contributed by atoms with Crippen LogP contribution in [0.1, 0.15) is 46.0 Å². The van der Waals surface area contributed by atoms with Crippen LogP contribution in [0.2, 0.25) is 17.6 Å². The van der Waals surface area contributed by atoms with Gasteiger partial charge >= 0.3 is 0 Å². The Morgan fingerprint density at radius 2 is 1.62 bits per heavy atom. The van der Waals surface area contributed by atoms with E-state index in [2.05, 4.69) is 62.9 Å². The molecular formula is C20H28Si. The maximum atomic E-state index is 2.66. The minimum atomic E-state index is -1.54. The van der Waals surface area contributed by atoms with Gasteiger partial charge in [-0.1, -0.05) is 97.5 Å². The Balaban J connectivity index is 2.05. The van der Waals surface area contributed by atoms with E-state index < -0.39 is 8.07 Å². The van der Waals surface area contributed by atoms with Crippen LogP contribution >= 0.6 is 0 Å². The van der Waals surface area contributed by atoms with Crippen molar-refractivity contribution >= 4 is 13.3 Å². The van der Waals surface area contributed by atoms with Crippen molar-refractivity contribution < 1.29 is 0 Å². The van der Waals surface area contributed by atoms with Crippen LogP contribution in [0.25, 0.3) is 0 Å². The lowest BCUT2D eigenvalue weighted by Crippen LogP contribution is -2.53. The van der Waals surface area contributed by atoms with Crippen molar-refractivity contribution in [2.75, 3.05) is 0 Å². The Morgan fingerprint density at radius 3 is 2.19 bits per heavy atom. The number of rotatable bonds is 3. The van der Waals surface area contributed by atoms with Crippen molar-refractivity contribution in [3.8, 4) is 0 Å². The molecule has 21 heavy (non-hydrogen) atoms. The van der Waals surface area contributed by atoms with Crippen molar-refractivity contribution in [2.45, 2.75) is 63.6 Å². The number of benzene rings is 1. The van der Waals surface area contributed by atoms with E-state index in [9.17, 15) is 0 Å². The molecular weight excluding hydrogens is 268 g/mol. The number of hydrogen-bond acceptors (Lipinski definition) is 0. The summed E-state index contributed by atoms with van der Waals surface area (Å²) in [7, 11) is -1.54. The third-order valence-corrected chi connectivity index (χ3v) is 11.9. The SMILES string of the molecule is CC1=C(C)C([Si](C)(c2ccccc2)C2CCCCC2)C=C1. The fraction of sp³-hybridized carbons (Fsp3) is 0.500. The third-order valence-electron chi connectivity index (χ3n) is 6.12. The van der Waals surface area contributed by atoms with Gasteiger partial charge in [0.15, 0.2) is 0 Å². The highest BCUT2D eigenvalue weighted by Gasteiger charge is 2.45. The molecule has 0 amide bonds. The molecule has 2 atom stereocenters. The molecule has 1 saturated carbocycles. The van der Waals surface area contributed by atoms with Crippen LogP contribution < -0.4 is 5.19 Å². The molecule has 2 aliphatic carbocycles. The molecule has 112 valence electrons. The maximum absolute atomic E-state index is 2.66. The molecule has 0 aliphatic heterocycles. The quantitative estimate of drug-likeness (QED) is 0.638. The lowest BCUT2D eigenvalue weighted by molar-refractivity contribution is 0.491. The molecule has 1 aromatic carbocycles. The first-order chi connectivity index (χ1) is 10.1. The average molecular weight is 297 g/mol. The second kappa shape index (κ2) is 5.96. The highest BCUT2D eigenvalue weighted by Crippen LogP contribution is 2.48. The summed E-state index contributed by atoms with van der Waals surface area (Å²) in [6.07, 6.45) is 12.1. The Kier molecular flexibility index (Phi) is 4.21. The average Bonchev–Trinajstić information content (AvgIpc) is 2.88. The van der Waals surface area contributed by atoms with Crippen molar-refractivity contribution in [1.29, 1.82) is 0 Å². The van der Waals surface area contributed by atoms with Gasteiger partial charge in [0, 0.05) is 0 Å². The first kappa shape index (κ1) is 14.8. The first-order valence-electron chi connectivity index (χ1n) is 8.55. The van der Waals surface area contributed by atoms with Crippen LogP contribution in [0.3, 0.4) is 0 Å². The van der Waals surface area contributed by atoms with E-state index in [1.807, 2.05) is 0 Å². The van der Waals surface area contributed by atoms with Gasteiger partial charge in [-0.2, -0.15) is 0 Å². The molecule has 0 N–H and O–H groups in total. The van der Waals surface area contributed by atoms with Crippen LogP contribution in [0, 0.1) is 0 Å². The van der Waals surface area contributed by atoms with E-state index in [4.69, 9.17) is 0 Å². The van der Waals surface area contributed by atoms with E-state index in [1.54, 1.807) is 10.8 Å². The summed E-state index contributed by atoms with van der Waals surface area (Å²) in [5, 5.41) is 1.67. The number of hydrogen-bond donors (Lipinski definition) is 0. The molecule has 0 spiro atoms. The highest BCUT2D eigenvalue weighted by atomic mass is 28.3. The second-order valence-corrected chi connectivity index (χ2v) is 11.8. The first-order valence-corrected chi connectivity index (χ1v) is 11.2. The van der Waals surface area contributed by atoms with Gasteiger partial charge in [0.1, 0.15) is 0 Å². The summed E-state index contributed by atoms with van der Waals surface area (Å²) in [6, 6.07) is 11.5. The molecule has 1 heteroatoms. The normalized spacial score (nSPS) is 26.1. The standard InChI is InChI=1S/C20H28Si/c1-16-14-15-20(17(16)2)21(3,18-10-6-4-7-11-18)19-12-8-5-9-13-19/h4,6-7,10-11,14-15,19-20H,5,8-9,12-13H2,1-3H3. The van der Waals surface area contributed by atoms with Crippen LogP contribution in [-0.2, 0) is 0 Å². The zero-order chi connectivity index (χ0) is 14.9. The second-order valence-electron chi connectivity index (χ2n) is 7.19. The van der Waals surface area contributed by atoms with Gasteiger partial charge in [-0.05, 0) is 24.9 Å². The Labute approximate surface area is 131 Å². The highest BCUT2D eigenvalue weighted by molar-refractivity contribution is 6.94. The Bertz CT molecular complexity index is 548. The lowest BCUT2D eigenvalue weighted by atomic mass is 10.0. The van der Waals surface area contributed by atoms with Gasteiger partial charge in [-0.3, -0.25) is 0 Å². The molecule has 1 aromatic rings. The van der Waals surface area contributed by atoms with Crippen LogP contribution in [0.15, 0.2) is 53.6 Å². The van der Waals surface area contributed by atoms with Gasteiger partial charge in [-0.15, -0.1) is 0 Å². The van der Waals surface area contributed by atoms with E-state index in [0.717, 1.165) is 5.54 Å². The van der Waals surface area contributed by atoms with Crippen LogP contribution in [0.5, 0.6) is 0 Å². The fourth-order valence-electron chi connectivity index (χ4n) is 4.58. The monoisotopic (exact) mass is 296 g/mol. The minimum Gasteiger partial charge on any atom is -0.0794 e. The van der Waals surface area contributed by atoms with E-state index in [0.29, 0.717) is 5.54 Å². The molecule has 0 bridgehead atoms. The van der Waals surface area contributed by atoms with Crippen molar-refractivity contribution in [3.05, 3.63) is 53.6 Å². The lowest BCUT2D eigenvalue weighted by Gasteiger charge is -2.43. The summed E-state index contributed by atoms with van der Waals surface area (Å²) in [6.45, 7) is 7.32. The Morgan fingerprint density at radius 1 is 0.952 bits per heavy atom. The topological polar surface area (TPSA) is 0 Å². The van der Waals surface area contributed by atoms with Crippen LogP contribution in [-0.4, -0.2) is 8.07 Å². The van der Waals surface area contributed by atoms with Crippen molar-refractivity contribution in [3.63, 3.8) is 0 Å². The molecule has 3 rings (SSSR count). The van der Waals surface area contributed by atoms with Gasteiger partial charge in [0.2, 0.25) is 0 Å².